The van der Waals surface area contributed by atoms with E-state index in [9.17, 15) is 9.59 Å². The van der Waals surface area contributed by atoms with E-state index in [0.29, 0.717) is 16.4 Å². The summed E-state index contributed by atoms with van der Waals surface area (Å²) in [6.45, 7) is 0. The lowest BCUT2D eigenvalue weighted by molar-refractivity contribution is -0.121. The topological polar surface area (TPSA) is 75.8 Å². The molecule has 3 rings (SSSR count). The van der Waals surface area contributed by atoms with E-state index in [-0.39, 0.29) is 28.4 Å². The number of thioether (sulfide) groups is 1. The SMILES string of the molecule is NC(=Nc1ccccc1)S[C@@H]1CC(=O)N(c2ccc(Cl)c(Cl)c2)C1=O. The monoisotopic (exact) mass is 393 g/mol. The number of benzene rings is 2. The van der Waals surface area contributed by atoms with E-state index in [2.05, 4.69) is 4.99 Å². The molecule has 0 bridgehead atoms. The molecule has 1 heterocycles. The van der Waals surface area contributed by atoms with Crippen LogP contribution in [0.3, 0.4) is 0 Å². The molecule has 1 fully saturated rings. The number of nitrogens with two attached hydrogens (primary N) is 1. The molecule has 0 aliphatic carbocycles. The fraction of sp³-hybridized carbons (Fsp3) is 0.118. The van der Waals surface area contributed by atoms with Crippen LogP contribution in [-0.2, 0) is 9.59 Å². The molecule has 1 atom stereocenters. The zero-order valence-electron chi connectivity index (χ0n) is 12.9. The van der Waals surface area contributed by atoms with Crippen molar-refractivity contribution in [1.82, 2.24) is 0 Å². The van der Waals surface area contributed by atoms with Crippen LogP contribution in [0, 0.1) is 0 Å². The van der Waals surface area contributed by atoms with Gasteiger partial charge in [-0.1, -0.05) is 53.2 Å². The predicted octanol–water partition coefficient (Wildman–Crippen LogP) is 4.00. The van der Waals surface area contributed by atoms with Crippen molar-refractivity contribution in [1.29, 1.82) is 0 Å². The molecule has 0 aromatic heterocycles. The summed E-state index contributed by atoms with van der Waals surface area (Å²) in [6.07, 6.45) is 0.0504. The van der Waals surface area contributed by atoms with Crippen LogP contribution in [0.2, 0.25) is 10.0 Å². The number of amidine groups is 1. The summed E-state index contributed by atoms with van der Waals surface area (Å²) in [4.78, 5) is 30.2. The maximum absolute atomic E-state index is 12.6. The summed E-state index contributed by atoms with van der Waals surface area (Å²) in [5.74, 6) is -0.659. The maximum Gasteiger partial charge on any atom is 0.247 e. The van der Waals surface area contributed by atoms with E-state index in [1.165, 1.54) is 6.07 Å². The molecule has 25 heavy (non-hydrogen) atoms. The second-order valence-corrected chi connectivity index (χ2v) is 7.30. The van der Waals surface area contributed by atoms with Gasteiger partial charge in [0.25, 0.3) is 0 Å². The van der Waals surface area contributed by atoms with Crippen LogP contribution >= 0.6 is 35.0 Å². The number of carbonyl (C=O) groups is 2. The summed E-state index contributed by atoms with van der Waals surface area (Å²) in [5, 5.41) is 0.249. The summed E-state index contributed by atoms with van der Waals surface area (Å²) >= 11 is 12.9. The third-order valence-electron chi connectivity index (χ3n) is 3.53. The Morgan fingerprint density at radius 3 is 2.52 bits per heavy atom. The summed E-state index contributed by atoms with van der Waals surface area (Å²) in [5.41, 5.74) is 6.99. The van der Waals surface area contributed by atoms with Crippen LogP contribution in [0.4, 0.5) is 11.4 Å². The zero-order chi connectivity index (χ0) is 18.0. The summed E-state index contributed by atoms with van der Waals surface area (Å²) in [6, 6.07) is 13.8. The lowest BCUT2D eigenvalue weighted by atomic mass is 10.3. The van der Waals surface area contributed by atoms with Crippen LogP contribution < -0.4 is 10.6 Å². The highest BCUT2D eigenvalue weighted by molar-refractivity contribution is 8.15. The number of rotatable bonds is 3. The molecule has 2 N–H and O–H groups in total. The van der Waals surface area contributed by atoms with Gasteiger partial charge in [0.15, 0.2) is 5.17 Å². The van der Waals surface area contributed by atoms with Crippen molar-refractivity contribution in [3.8, 4) is 0 Å². The van der Waals surface area contributed by atoms with Gasteiger partial charge in [-0.25, -0.2) is 9.89 Å². The Hall–Kier alpha value is -2.02. The van der Waals surface area contributed by atoms with Crippen molar-refractivity contribution < 1.29 is 9.59 Å². The zero-order valence-corrected chi connectivity index (χ0v) is 15.2. The normalized spacial score (nSPS) is 18.1. The highest BCUT2D eigenvalue weighted by Crippen LogP contribution is 2.33. The maximum atomic E-state index is 12.6. The molecule has 0 unspecified atom stereocenters. The lowest BCUT2D eigenvalue weighted by Gasteiger charge is -2.15. The van der Waals surface area contributed by atoms with Gasteiger partial charge in [-0.15, -0.1) is 0 Å². The van der Waals surface area contributed by atoms with Gasteiger partial charge in [0, 0.05) is 6.42 Å². The smallest absolute Gasteiger partial charge is 0.247 e. The van der Waals surface area contributed by atoms with E-state index in [1.54, 1.807) is 24.3 Å². The van der Waals surface area contributed by atoms with Crippen molar-refractivity contribution in [2.24, 2.45) is 10.7 Å². The first-order valence-corrected chi connectivity index (χ1v) is 8.97. The van der Waals surface area contributed by atoms with Crippen LogP contribution in [0.1, 0.15) is 6.42 Å². The molecular weight excluding hydrogens is 381 g/mol. The summed E-state index contributed by atoms with van der Waals surface area (Å²) in [7, 11) is 0. The third kappa shape index (κ3) is 3.98. The fourth-order valence-corrected chi connectivity index (χ4v) is 3.57. The Kier molecular flexibility index (Phi) is 5.32. The minimum atomic E-state index is -0.616. The molecule has 0 saturated carbocycles. The number of carbonyl (C=O) groups excluding carboxylic acids is 2. The largest absolute Gasteiger partial charge is 0.378 e. The Morgan fingerprint density at radius 2 is 1.84 bits per heavy atom. The Morgan fingerprint density at radius 1 is 1.12 bits per heavy atom. The molecule has 1 aliphatic heterocycles. The summed E-state index contributed by atoms with van der Waals surface area (Å²) < 4.78 is 0. The molecule has 2 amide bonds. The number of aliphatic imine (C=N–C) groups is 1. The fourth-order valence-electron chi connectivity index (χ4n) is 2.39. The third-order valence-corrected chi connectivity index (χ3v) is 5.25. The number of halogens is 2. The number of nitrogens with zero attached hydrogens (tertiary/aromatic N) is 2. The van der Waals surface area contributed by atoms with E-state index in [1.807, 2.05) is 18.2 Å². The van der Waals surface area contributed by atoms with Crippen molar-refractivity contribution in [3.63, 3.8) is 0 Å². The van der Waals surface area contributed by atoms with Crippen molar-refractivity contribution in [2.75, 3.05) is 4.90 Å². The molecule has 1 saturated heterocycles. The standard InChI is InChI=1S/C17H13Cl2N3O2S/c18-12-7-6-11(8-13(12)19)22-15(23)9-14(16(22)24)25-17(20)21-10-4-2-1-3-5-10/h1-8,14H,9H2,(H2,20,21)/t14-/m1/s1. The van der Waals surface area contributed by atoms with Gasteiger partial charge in [-0.2, -0.15) is 0 Å². The van der Waals surface area contributed by atoms with Crippen molar-refractivity contribution in [3.05, 3.63) is 58.6 Å². The number of para-hydroxylation sites is 1. The van der Waals surface area contributed by atoms with Gasteiger partial charge in [0.2, 0.25) is 11.8 Å². The quantitative estimate of drug-likeness (QED) is 0.485. The van der Waals surface area contributed by atoms with Crippen LogP contribution in [-0.4, -0.2) is 22.2 Å². The van der Waals surface area contributed by atoms with E-state index in [0.717, 1.165) is 16.7 Å². The minimum absolute atomic E-state index is 0.0504. The van der Waals surface area contributed by atoms with Gasteiger partial charge in [0.1, 0.15) is 5.25 Å². The van der Waals surface area contributed by atoms with Gasteiger partial charge < -0.3 is 5.73 Å². The predicted molar refractivity (Wildman–Crippen MR) is 103 cm³/mol. The number of anilines is 1. The first-order chi connectivity index (χ1) is 12.0. The van der Waals surface area contributed by atoms with Crippen LogP contribution in [0.5, 0.6) is 0 Å². The first-order valence-electron chi connectivity index (χ1n) is 7.33. The molecular formula is C17H13Cl2N3O2S. The molecule has 5 nitrogen and oxygen atoms in total. The average molecular weight is 394 g/mol. The van der Waals surface area contributed by atoms with Crippen molar-refractivity contribution >= 4 is 63.3 Å². The highest BCUT2D eigenvalue weighted by Gasteiger charge is 2.40. The molecule has 2 aromatic rings. The number of imide groups is 1. The molecule has 2 aromatic carbocycles. The van der Waals surface area contributed by atoms with Crippen molar-refractivity contribution in [2.45, 2.75) is 11.7 Å². The molecule has 1 aliphatic rings. The highest BCUT2D eigenvalue weighted by atomic mass is 35.5. The van der Waals surface area contributed by atoms with Gasteiger partial charge in [0.05, 0.1) is 21.4 Å². The second kappa shape index (κ2) is 7.47. The Labute approximate surface area is 158 Å². The second-order valence-electron chi connectivity index (χ2n) is 5.26. The van der Waals surface area contributed by atoms with Crippen LogP contribution in [0.15, 0.2) is 53.5 Å². The Balaban J connectivity index is 1.77. The average Bonchev–Trinajstić information content (AvgIpc) is 2.85. The number of hydrogen-bond donors (Lipinski definition) is 1. The number of hydrogen-bond acceptors (Lipinski definition) is 4. The first kappa shape index (κ1) is 17.8. The van der Waals surface area contributed by atoms with E-state index < -0.39 is 5.25 Å². The van der Waals surface area contributed by atoms with Crippen LogP contribution in [0.25, 0.3) is 0 Å². The molecule has 0 spiro atoms. The number of amides is 2. The minimum Gasteiger partial charge on any atom is -0.378 e. The van der Waals surface area contributed by atoms with Gasteiger partial charge >= 0.3 is 0 Å². The van der Waals surface area contributed by atoms with Gasteiger partial charge in [-0.3, -0.25) is 9.59 Å². The van der Waals surface area contributed by atoms with Gasteiger partial charge in [-0.05, 0) is 30.3 Å². The lowest BCUT2D eigenvalue weighted by Crippen LogP contribution is -2.31. The Bertz CT molecular complexity index is 858. The molecule has 128 valence electrons. The molecule has 8 heteroatoms. The molecule has 0 radical (unpaired) electrons. The van der Waals surface area contributed by atoms with E-state index >= 15 is 0 Å². The van der Waals surface area contributed by atoms with E-state index in [4.69, 9.17) is 28.9 Å².